The Morgan fingerprint density at radius 1 is 1.29 bits per heavy atom. The highest BCUT2D eigenvalue weighted by atomic mass is 16.1. The fourth-order valence-corrected chi connectivity index (χ4v) is 1.92. The van der Waals surface area contributed by atoms with Gasteiger partial charge in [-0.05, 0) is 43.4 Å². The number of carbonyl (C=O) groups is 1. The first-order chi connectivity index (χ1) is 6.66. The number of carbonyl (C=O) groups excluding carboxylic acids is 1. The van der Waals surface area contributed by atoms with Crippen molar-refractivity contribution in [3.63, 3.8) is 0 Å². The number of ketones is 1. The molecule has 1 aromatic carbocycles. The van der Waals surface area contributed by atoms with Gasteiger partial charge in [-0.15, -0.1) is 0 Å². The van der Waals surface area contributed by atoms with E-state index in [1.807, 2.05) is 12.1 Å². The molecule has 0 fully saturated rings. The first-order valence-corrected chi connectivity index (χ1v) is 4.96. The molecule has 1 heteroatoms. The van der Waals surface area contributed by atoms with E-state index in [2.05, 4.69) is 12.6 Å². The van der Waals surface area contributed by atoms with Gasteiger partial charge in [0.1, 0.15) is 0 Å². The van der Waals surface area contributed by atoms with Crippen LogP contribution < -0.4 is 0 Å². The summed E-state index contributed by atoms with van der Waals surface area (Å²) in [7, 11) is 0. The van der Waals surface area contributed by atoms with Crippen molar-refractivity contribution in [1.29, 1.82) is 0 Å². The lowest BCUT2D eigenvalue weighted by atomic mass is 9.87. The number of allylic oxidation sites excluding steroid dienone is 1. The van der Waals surface area contributed by atoms with Gasteiger partial charge in [-0.3, -0.25) is 4.79 Å². The van der Waals surface area contributed by atoms with Crippen LogP contribution in [0.15, 0.2) is 30.4 Å². The Hall–Kier alpha value is -1.37. The molecule has 0 saturated carbocycles. The van der Waals surface area contributed by atoms with Crippen molar-refractivity contribution >= 4 is 5.78 Å². The quantitative estimate of drug-likeness (QED) is 0.487. The molecule has 0 aliphatic heterocycles. The summed E-state index contributed by atoms with van der Waals surface area (Å²) in [6, 6.07) is 6.01. The van der Waals surface area contributed by atoms with Crippen molar-refractivity contribution in [2.45, 2.75) is 26.2 Å². The van der Waals surface area contributed by atoms with E-state index in [-0.39, 0.29) is 5.78 Å². The highest BCUT2D eigenvalue weighted by Gasteiger charge is 2.12. The Labute approximate surface area is 84.5 Å². The first kappa shape index (κ1) is 9.20. The number of rotatable bonds is 1. The number of Topliss-reactive ketones (excluding diaryl/α,β-unsaturated/α-hetero) is 1. The molecule has 14 heavy (non-hydrogen) atoms. The standard InChI is InChI=1S/C13H14O/c1-9-3-4-13-8-11(10(2)14)5-6-12(13)7-9/h5-6,8H,1,3-4,7H2,2H3. The summed E-state index contributed by atoms with van der Waals surface area (Å²) in [4.78, 5) is 11.2. The number of benzene rings is 1. The third kappa shape index (κ3) is 1.63. The number of fused-ring (bicyclic) bond motifs is 1. The van der Waals surface area contributed by atoms with Gasteiger partial charge in [0.05, 0.1) is 0 Å². The minimum absolute atomic E-state index is 0.150. The van der Waals surface area contributed by atoms with Gasteiger partial charge >= 0.3 is 0 Å². The van der Waals surface area contributed by atoms with E-state index in [4.69, 9.17) is 0 Å². The third-order valence-corrected chi connectivity index (χ3v) is 2.80. The zero-order valence-corrected chi connectivity index (χ0v) is 8.47. The molecular weight excluding hydrogens is 172 g/mol. The second-order valence-electron chi connectivity index (χ2n) is 3.97. The molecule has 72 valence electrons. The Kier molecular flexibility index (Phi) is 2.24. The maximum absolute atomic E-state index is 11.2. The van der Waals surface area contributed by atoms with E-state index < -0.39 is 0 Å². The van der Waals surface area contributed by atoms with E-state index >= 15 is 0 Å². The van der Waals surface area contributed by atoms with Crippen molar-refractivity contribution < 1.29 is 4.79 Å². The van der Waals surface area contributed by atoms with Crippen LogP contribution in [0.4, 0.5) is 0 Å². The molecule has 0 atom stereocenters. The Morgan fingerprint density at radius 3 is 2.79 bits per heavy atom. The minimum Gasteiger partial charge on any atom is -0.295 e. The highest BCUT2D eigenvalue weighted by molar-refractivity contribution is 5.94. The average Bonchev–Trinajstić information content (AvgIpc) is 2.16. The zero-order valence-electron chi connectivity index (χ0n) is 8.47. The van der Waals surface area contributed by atoms with Crippen molar-refractivity contribution in [3.05, 3.63) is 47.0 Å². The molecule has 1 aliphatic rings. The van der Waals surface area contributed by atoms with Crippen molar-refractivity contribution in [1.82, 2.24) is 0 Å². The molecule has 0 spiro atoms. The first-order valence-electron chi connectivity index (χ1n) is 4.96. The lowest BCUT2D eigenvalue weighted by molar-refractivity contribution is 0.101. The molecular formula is C13H14O. The van der Waals surface area contributed by atoms with Gasteiger partial charge < -0.3 is 0 Å². The molecule has 2 rings (SSSR count). The summed E-state index contributed by atoms with van der Waals surface area (Å²) in [5.41, 5.74) is 4.79. The van der Waals surface area contributed by atoms with Crippen molar-refractivity contribution in [2.24, 2.45) is 0 Å². The second-order valence-corrected chi connectivity index (χ2v) is 3.97. The van der Waals surface area contributed by atoms with Gasteiger partial charge in [-0.1, -0.05) is 24.3 Å². The van der Waals surface area contributed by atoms with Crippen LogP contribution in [-0.4, -0.2) is 5.78 Å². The van der Waals surface area contributed by atoms with Gasteiger partial charge in [0.15, 0.2) is 5.78 Å². The van der Waals surface area contributed by atoms with E-state index in [0.717, 1.165) is 24.8 Å². The normalized spacial score (nSPS) is 15.1. The lowest BCUT2D eigenvalue weighted by Crippen LogP contribution is -2.06. The second kappa shape index (κ2) is 3.41. The summed E-state index contributed by atoms with van der Waals surface area (Å²) in [6.07, 6.45) is 3.08. The molecule has 0 bridgehead atoms. The maximum atomic E-state index is 11.2. The largest absolute Gasteiger partial charge is 0.295 e. The average molecular weight is 186 g/mol. The molecule has 1 aliphatic carbocycles. The summed E-state index contributed by atoms with van der Waals surface area (Å²) in [5, 5.41) is 0. The van der Waals surface area contributed by atoms with Crippen LogP contribution in [0, 0.1) is 0 Å². The van der Waals surface area contributed by atoms with Crippen LogP contribution in [-0.2, 0) is 12.8 Å². The summed E-state index contributed by atoms with van der Waals surface area (Å²) < 4.78 is 0. The Bertz CT molecular complexity index is 402. The summed E-state index contributed by atoms with van der Waals surface area (Å²) in [5.74, 6) is 0.150. The SMILES string of the molecule is C=C1CCc2cc(C(C)=O)ccc2C1. The predicted octanol–water partition coefficient (Wildman–Crippen LogP) is 2.93. The van der Waals surface area contributed by atoms with Gasteiger partial charge in [0.2, 0.25) is 0 Å². The smallest absolute Gasteiger partial charge is 0.159 e. The van der Waals surface area contributed by atoms with Gasteiger partial charge in [-0.25, -0.2) is 0 Å². The van der Waals surface area contributed by atoms with Crippen LogP contribution in [0.1, 0.15) is 34.8 Å². The van der Waals surface area contributed by atoms with Gasteiger partial charge in [-0.2, -0.15) is 0 Å². The highest BCUT2D eigenvalue weighted by Crippen LogP contribution is 2.24. The zero-order chi connectivity index (χ0) is 10.1. The molecule has 0 saturated heterocycles. The van der Waals surface area contributed by atoms with Crippen LogP contribution in [0.2, 0.25) is 0 Å². The van der Waals surface area contributed by atoms with Crippen LogP contribution >= 0.6 is 0 Å². The van der Waals surface area contributed by atoms with Crippen molar-refractivity contribution in [3.8, 4) is 0 Å². The van der Waals surface area contributed by atoms with Crippen molar-refractivity contribution in [2.75, 3.05) is 0 Å². The van der Waals surface area contributed by atoms with Crippen LogP contribution in [0.3, 0.4) is 0 Å². The minimum atomic E-state index is 0.150. The monoisotopic (exact) mass is 186 g/mol. The number of hydrogen-bond acceptors (Lipinski definition) is 1. The van der Waals surface area contributed by atoms with E-state index in [9.17, 15) is 4.79 Å². The summed E-state index contributed by atoms with van der Waals surface area (Å²) >= 11 is 0. The van der Waals surface area contributed by atoms with Crippen LogP contribution in [0.5, 0.6) is 0 Å². The third-order valence-electron chi connectivity index (χ3n) is 2.80. The van der Waals surface area contributed by atoms with E-state index in [0.29, 0.717) is 0 Å². The summed E-state index contributed by atoms with van der Waals surface area (Å²) in [6.45, 7) is 5.62. The predicted molar refractivity (Wildman–Crippen MR) is 57.6 cm³/mol. The fourth-order valence-electron chi connectivity index (χ4n) is 1.92. The van der Waals surface area contributed by atoms with E-state index in [1.165, 1.54) is 16.7 Å². The van der Waals surface area contributed by atoms with Gasteiger partial charge in [0.25, 0.3) is 0 Å². The van der Waals surface area contributed by atoms with E-state index in [1.54, 1.807) is 6.92 Å². The maximum Gasteiger partial charge on any atom is 0.159 e. The molecule has 0 heterocycles. The van der Waals surface area contributed by atoms with Gasteiger partial charge in [0, 0.05) is 5.56 Å². The number of aryl methyl sites for hydroxylation is 1. The molecule has 0 amide bonds. The topological polar surface area (TPSA) is 17.1 Å². The molecule has 1 aromatic rings. The number of hydrogen-bond donors (Lipinski definition) is 0. The fraction of sp³-hybridized carbons (Fsp3) is 0.308. The molecule has 0 aromatic heterocycles. The molecule has 0 unspecified atom stereocenters. The molecule has 0 radical (unpaired) electrons. The lowest BCUT2D eigenvalue weighted by Gasteiger charge is -2.18. The molecule has 1 nitrogen and oxygen atoms in total. The Balaban J connectivity index is 2.41. The molecule has 0 N–H and O–H groups in total. The Morgan fingerprint density at radius 2 is 2.07 bits per heavy atom. The van der Waals surface area contributed by atoms with Crippen LogP contribution in [0.25, 0.3) is 0 Å².